The van der Waals surface area contributed by atoms with E-state index in [2.05, 4.69) is 0 Å². The smallest absolute Gasteiger partial charge is 0.134 e. The molecule has 1 rings (SSSR count). The average Bonchev–Trinajstić information content (AvgIpc) is 2.79. The zero-order valence-corrected chi connectivity index (χ0v) is 7.84. The molecule has 13 heavy (non-hydrogen) atoms. The summed E-state index contributed by atoms with van der Waals surface area (Å²) in [7, 11) is 0. The minimum absolute atomic E-state index is 0.0317. The Morgan fingerprint density at radius 2 is 2.15 bits per heavy atom. The highest BCUT2D eigenvalue weighted by atomic mass is 16.6. The van der Waals surface area contributed by atoms with Gasteiger partial charge in [-0.1, -0.05) is 6.08 Å². The molecule has 0 saturated carbocycles. The van der Waals surface area contributed by atoms with Gasteiger partial charge in [-0.2, -0.15) is 0 Å². The molecule has 76 valence electrons. The number of hydrogen-bond acceptors (Lipinski definition) is 4. The van der Waals surface area contributed by atoms with E-state index in [1.165, 1.54) is 12.2 Å². The molecule has 1 heterocycles. The lowest BCUT2D eigenvalue weighted by Crippen LogP contribution is -2.38. The van der Waals surface area contributed by atoms with Crippen LogP contribution in [0.4, 0.5) is 0 Å². The Hall–Kier alpha value is -0.420. The van der Waals surface area contributed by atoms with Crippen molar-refractivity contribution in [2.75, 3.05) is 6.61 Å². The minimum Gasteiger partial charge on any atom is -0.393 e. The van der Waals surface area contributed by atoms with Gasteiger partial charge in [0.1, 0.15) is 11.7 Å². The van der Waals surface area contributed by atoms with Crippen molar-refractivity contribution >= 4 is 0 Å². The molecular formula is C9H16O4. The van der Waals surface area contributed by atoms with Crippen molar-refractivity contribution in [2.24, 2.45) is 0 Å². The summed E-state index contributed by atoms with van der Waals surface area (Å²) < 4.78 is 5.06. The van der Waals surface area contributed by atoms with Crippen molar-refractivity contribution in [3.63, 3.8) is 0 Å². The van der Waals surface area contributed by atoms with E-state index in [4.69, 9.17) is 14.9 Å². The maximum absolute atomic E-state index is 9.81. The molecule has 0 aromatic heterocycles. The zero-order valence-electron chi connectivity index (χ0n) is 7.84. The summed E-state index contributed by atoms with van der Waals surface area (Å²) in [6.07, 6.45) is 1.81. The number of aliphatic hydroxyl groups excluding tert-OH is 2. The largest absolute Gasteiger partial charge is 0.393 e. The summed E-state index contributed by atoms with van der Waals surface area (Å²) in [6.45, 7) is 3.00. The van der Waals surface area contributed by atoms with E-state index in [-0.39, 0.29) is 12.2 Å². The van der Waals surface area contributed by atoms with Crippen LogP contribution in [-0.2, 0) is 4.74 Å². The van der Waals surface area contributed by atoms with Crippen molar-refractivity contribution in [2.45, 2.75) is 37.8 Å². The molecule has 0 amide bonds. The van der Waals surface area contributed by atoms with Crippen LogP contribution in [0.5, 0.6) is 0 Å². The minimum atomic E-state index is -1.35. The van der Waals surface area contributed by atoms with Crippen LogP contribution < -0.4 is 0 Å². The van der Waals surface area contributed by atoms with Crippen LogP contribution in [0.3, 0.4) is 0 Å². The second-order valence-corrected chi connectivity index (χ2v) is 3.51. The van der Waals surface area contributed by atoms with E-state index in [1.807, 2.05) is 6.92 Å². The molecule has 1 aliphatic rings. The van der Waals surface area contributed by atoms with E-state index in [9.17, 15) is 5.11 Å². The van der Waals surface area contributed by atoms with Crippen LogP contribution in [0, 0.1) is 0 Å². The Kier molecular flexibility index (Phi) is 3.08. The third kappa shape index (κ3) is 2.51. The van der Waals surface area contributed by atoms with E-state index in [0.29, 0.717) is 0 Å². The Balaban J connectivity index is 2.59. The van der Waals surface area contributed by atoms with Crippen molar-refractivity contribution in [3.8, 4) is 0 Å². The van der Waals surface area contributed by atoms with Gasteiger partial charge in [0, 0.05) is 0 Å². The van der Waals surface area contributed by atoms with Gasteiger partial charge in [-0.05, 0) is 19.9 Å². The van der Waals surface area contributed by atoms with E-state index >= 15 is 0 Å². The van der Waals surface area contributed by atoms with Gasteiger partial charge in [0.25, 0.3) is 0 Å². The summed E-state index contributed by atoms with van der Waals surface area (Å²) in [5.74, 6) is 0. The number of rotatable bonds is 4. The standard InChI is InChI=1S/C9H16O4/c1-6(11)3-4-9(12,5-10)8-7(2)13-8/h3-4,6-8,10-12H,5H2,1-2H3/t6-,7-,8+,9?/m0/s1. The Morgan fingerprint density at radius 1 is 1.62 bits per heavy atom. The fourth-order valence-corrected chi connectivity index (χ4v) is 1.25. The molecule has 0 aromatic carbocycles. The molecule has 1 saturated heterocycles. The number of epoxide rings is 1. The highest BCUT2D eigenvalue weighted by molar-refractivity contribution is 5.12. The summed E-state index contributed by atoms with van der Waals surface area (Å²) in [5, 5.41) is 27.7. The van der Waals surface area contributed by atoms with Gasteiger partial charge in [-0.25, -0.2) is 0 Å². The van der Waals surface area contributed by atoms with Crippen LogP contribution in [0.15, 0.2) is 12.2 Å². The van der Waals surface area contributed by atoms with Gasteiger partial charge >= 0.3 is 0 Å². The first-order valence-corrected chi connectivity index (χ1v) is 4.36. The molecule has 0 spiro atoms. The summed E-state index contributed by atoms with van der Waals surface area (Å²) >= 11 is 0. The van der Waals surface area contributed by atoms with E-state index < -0.39 is 18.3 Å². The lowest BCUT2D eigenvalue weighted by Gasteiger charge is -2.19. The van der Waals surface area contributed by atoms with Crippen molar-refractivity contribution in [3.05, 3.63) is 12.2 Å². The summed E-state index contributed by atoms with van der Waals surface area (Å²) in [6, 6.07) is 0. The number of ether oxygens (including phenoxy) is 1. The third-order valence-corrected chi connectivity index (χ3v) is 2.12. The molecule has 0 radical (unpaired) electrons. The molecule has 0 bridgehead atoms. The van der Waals surface area contributed by atoms with Crippen LogP contribution in [-0.4, -0.2) is 45.8 Å². The average molecular weight is 188 g/mol. The zero-order chi connectivity index (χ0) is 10.1. The van der Waals surface area contributed by atoms with E-state index in [1.54, 1.807) is 6.92 Å². The monoisotopic (exact) mass is 188 g/mol. The first-order valence-electron chi connectivity index (χ1n) is 4.36. The SMILES string of the molecule is C[C@H](O)C=CC(O)(CO)[C@@H]1O[C@H]1C. The van der Waals surface area contributed by atoms with Gasteiger partial charge in [0.15, 0.2) is 0 Å². The molecule has 0 aliphatic carbocycles. The maximum Gasteiger partial charge on any atom is 0.134 e. The number of aliphatic hydroxyl groups is 3. The first kappa shape index (κ1) is 10.7. The maximum atomic E-state index is 9.81. The van der Waals surface area contributed by atoms with Crippen LogP contribution in [0.25, 0.3) is 0 Å². The molecule has 3 N–H and O–H groups in total. The summed E-state index contributed by atoms with van der Waals surface area (Å²) in [4.78, 5) is 0. The van der Waals surface area contributed by atoms with Crippen molar-refractivity contribution < 1.29 is 20.1 Å². The summed E-state index contributed by atoms with van der Waals surface area (Å²) in [5.41, 5.74) is -1.35. The molecule has 1 aliphatic heterocycles. The van der Waals surface area contributed by atoms with Gasteiger partial charge < -0.3 is 20.1 Å². The van der Waals surface area contributed by atoms with Crippen LogP contribution in [0.2, 0.25) is 0 Å². The predicted octanol–water partition coefficient (Wildman–Crippen LogP) is -0.566. The molecule has 0 aromatic rings. The molecule has 1 fully saturated rings. The topological polar surface area (TPSA) is 73.2 Å². The second-order valence-electron chi connectivity index (χ2n) is 3.51. The molecule has 4 nitrogen and oxygen atoms in total. The molecule has 4 atom stereocenters. The van der Waals surface area contributed by atoms with Gasteiger partial charge in [0.05, 0.1) is 18.8 Å². The third-order valence-electron chi connectivity index (χ3n) is 2.12. The van der Waals surface area contributed by atoms with E-state index in [0.717, 1.165) is 0 Å². The van der Waals surface area contributed by atoms with Crippen LogP contribution >= 0.6 is 0 Å². The molecule has 1 unspecified atom stereocenters. The Bertz CT molecular complexity index is 202. The quantitative estimate of drug-likeness (QED) is 0.408. The lowest BCUT2D eigenvalue weighted by molar-refractivity contribution is 0.00367. The van der Waals surface area contributed by atoms with Crippen LogP contribution in [0.1, 0.15) is 13.8 Å². The highest BCUT2D eigenvalue weighted by Gasteiger charge is 2.49. The van der Waals surface area contributed by atoms with Gasteiger partial charge in [-0.15, -0.1) is 0 Å². The van der Waals surface area contributed by atoms with Crippen molar-refractivity contribution in [1.29, 1.82) is 0 Å². The number of hydrogen-bond donors (Lipinski definition) is 3. The highest BCUT2D eigenvalue weighted by Crippen LogP contribution is 2.32. The fraction of sp³-hybridized carbons (Fsp3) is 0.778. The lowest BCUT2D eigenvalue weighted by atomic mass is 9.98. The first-order chi connectivity index (χ1) is 5.99. The normalized spacial score (nSPS) is 34.5. The second kappa shape index (κ2) is 3.75. The van der Waals surface area contributed by atoms with Crippen molar-refractivity contribution in [1.82, 2.24) is 0 Å². The predicted molar refractivity (Wildman–Crippen MR) is 47.2 cm³/mol. The Labute approximate surface area is 77.5 Å². The Morgan fingerprint density at radius 3 is 2.46 bits per heavy atom. The molecular weight excluding hydrogens is 172 g/mol. The molecule has 4 heteroatoms. The van der Waals surface area contributed by atoms with Gasteiger partial charge in [0.2, 0.25) is 0 Å². The van der Waals surface area contributed by atoms with Gasteiger partial charge in [-0.3, -0.25) is 0 Å². The fourth-order valence-electron chi connectivity index (χ4n) is 1.25.